The van der Waals surface area contributed by atoms with Crippen LogP contribution < -0.4 is 4.72 Å². The van der Waals surface area contributed by atoms with Crippen molar-refractivity contribution in [2.45, 2.75) is 98.7 Å². The molecule has 2 aliphatic rings. The van der Waals surface area contributed by atoms with Crippen molar-refractivity contribution in [3.05, 3.63) is 83.4 Å². The Bertz CT molecular complexity index is 1600. The molecule has 2 unspecified atom stereocenters. The third kappa shape index (κ3) is 6.99. The third-order valence-corrected chi connectivity index (χ3v) is 11.5. The molecule has 0 spiro atoms. The van der Waals surface area contributed by atoms with Gasteiger partial charge in [0.2, 0.25) is 0 Å². The highest BCUT2D eigenvalue weighted by Gasteiger charge is 2.52. The molecule has 0 aromatic heterocycles. The molecule has 1 heterocycles. The van der Waals surface area contributed by atoms with E-state index < -0.39 is 32.3 Å². The average molecular weight is 636 g/mol. The van der Waals surface area contributed by atoms with Crippen LogP contribution >= 0.6 is 11.8 Å². The molecule has 9 heteroatoms. The van der Waals surface area contributed by atoms with Crippen LogP contribution in [0.3, 0.4) is 0 Å². The number of Topliss-reactive ketones (excluding diaryl/α,β-unsaturated/α-hetero) is 1. The van der Waals surface area contributed by atoms with Crippen LogP contribution in [0.15, 0.2) is 76.5 Å². The Hall–Kier alpha value is -3.30. The number of aryl methyl sites for hydroxylation is 2. The molecule has 3 aromatic carbocycles. The summed E-state index contributed by atoms with van der Waals surface area (Å²) in [5.74, 6) is -0.293. The van der Waals surface area contributed by atoms with Crippen LogP contribution in [0, 0.1) is 12.8 Å². The van der Waals surface area contributed by atoms with Crippen molar-refractivity contribution in [2.24, 2.45) is 5.92 Å². The number of carbonyl (C=O) groups is 2. The zero-order valence-corrected chi connectivity index (χ0v) is 27.4. The predicted octanol–water partition coefficient (Wildman–Crippen LogP) is 7.34. The Morgan fingerprint density at radius 2 is 1.66 bits per heavy atom. The SMILES string of the molecule is Cc1cc(SC2C(=O)CC(CCc3ccc(O)cc3)(C3CCCC3)OC2=O)c(C(C)(C)C)cc1NS(=O)(=O)c1ccccc1. The summed E-state index contributed by atoms with van der Waals surface area (Å²) in [6.45, 7) is 7.88. The summed E-state index contributed by atoms with van der Waals surface area (Å²) in [6, 6.07) is 18.9. The van der Waals surface area contributed by atoms with E-state index in [1.54, 1.807) is 42.5 Å². The van der Waals surface area contributed by atoms with E-state index >= 15 is 0 Å². The molecule has 1 aliphatic heterocycles. The van der Waals surface area contributed by atoms with Gasteiger partial charge in [0.25, 0.3) is 10.0 Å². The lowest BCUT2D eigenvalue weighted by molar-refractivity contribution is -0.177. The monoisotopic (exact) mass is 635 g/mol. The van der Waals surface area contributed by atoms with Crippen molar-refractivity contribution < 1.29 is 27.9 Å². The molecule has 1 saturated heterocycles. The molecule has 2 atom stereocenters. The standard InChI is InChI=1S/C35H41NO6S2/c1-23-20-31(28(34(2,3)4)21-29(23)36-44(40,41)27-12-6-5-7-13-27)43-32-30(38)22-35(42-33(32)39,25-10-8-9-11-25)19-18-24-14-16-26(37)17-15-24/h5-7,12-17,20-21,25,32,36-37H,8-11,18-19,22H2,1-4H3. The zero-order valence-electron chi connectivity index (χ0n) is 25.8. The minimum Gasteiger partial charge on any atom is -0.508 e. The third-order valence-electron chi connectivity index (χ3n) is 8.83. The molecule has 1 saturated carbocycles. The van der Waals surface area contributed by atoms with E-state index in [1.807, 2.05) is 52.0 Å². The quantitative estimate of drug-likeness (QED) is 0.187. The number of hydrogen-bond donors (Lipinski definition) is 2. The van der Waals surface area contributed by atoms with Gasteiger partial charge < -0.3 is 9.84 Å². The topological polar surface area (TPSA) is 110 Å². The highest BCUT2D eigenvalue weighted by molar-refractivity contribution is 8.01. The Labute approximate surface area is 264 Å². The van der Waals surface area contributed by atoms with E-state index in [9.17, 15) is 23.1 Å². The van der Waals surface area contributed by atoms with E-state index in [1.165, 1.54) is 11.8 Å². The summed E-state index contributed by atoms with van der Waals surface area (Å²) in [7, 11) is -3.80. The number of esters is 1. The lowest BCUT2D eigenvalue weighted by Crippen LogP contribution is -2.53. The summed E-state index contributed by atoms with van der Waals surface area (Å²) in [6.07, 6.45) is 5.36. The van der Waals surface area contributed by atoms with Crippen molar-refractivity contribution in [2.75, 3.05) is 4.72 Å². The second-order valence-electron chi connectivity index (χ2n) is 13.1. The van der Waals surface area contributed by atoms with Crippen LogP contribution in [0.5, 0.6) is 5.75 Å². The molecule has 1 aliphatic carbocycles. The zero-order chi connectivity index (χ0) is 31.7. The highest BCUT2D eigenvalue weighted by Crippen LogP contribution is 2.47. The van der Waals surface area contributed by atoms with Crippen molar-refractivity contribution in [1.29, 1.82) is 0 Å². The van der Waals surface area contributed by atoms with Crippen LogP contribution in [0.25, 0.3) is 0 Å². The Morgan fingerprint density at radius 1 is 1.00 bits per heavy atom. The van der Waals surface area contributed by atoms with Crippen LogP contribution in [-0.2, 0) is 36.2 Å². The van der Waals surface area contributed by atoms with Crippen molar-refractivity contribution in [3.63, 3.8) is 0 Å². The molecule has 3 aromatic rings. The van der Waals surface area contributed by atoms with Gasteiger partial charge in [-0.25, -0.2) is 8.42 Å². The minimum atomic E-state index is -3.80. The van der Waals surface area contributed by atoms with Crippen LogP contribution in [0.2, 0.25) is 0 Å². The summed E-state index contributed by atoms with van der Waals surface area (Å²) in [4.78, 5) is 28.5. The summed E-state index contributed by atoms with van der Waals surface area (Å²) in [5, 5.41) is 8.67. The Kier molecular flexibility index (Phi) is 9.19. The Balaban J connectivity index is 1.40. The maximum absolute atomic E-state index is 13.8. The van der Waals surface area contributed by atoms with Crippen LogP contribution in [-0.4, -0.2) is 36.1 Å². The van der Waals surface area contributed by atoms with Gasteiger partial charge in [0.05, 0.1) is 10.6 Å². The number of benzene rings is 3. The second-order valence-corrected chi connectivity index (χ2v) is 15.9. The maximum Gasteiger partial charge on any atom is 0.327 e. The van der Waals surface area contributed by atoms with Crippen LogP contribution in [0.1, 0.15) is 76.0 Å². The van der Waals surface area contributed by atoms with Crippen molar-refractivity contribution >= 4 is 39.2 Å². The number of ether oxygens (including phenoxy) is 1. The van der Waals surface area contributed by atoms with Gasteiger partial charge in [0.1, 0.15) is 11.4 Å². The number of phenols is 1. The fraction of sp³-hybridized carbons (Fsp3) is 0.429. The number of ketones is 1. The van der Waals surface area contributed by atoms with Gasteiger partial charge in [0, 0.05) is 11.3 Å². The molecule has 234 valence electrons. The van der Waals surface area contributed by atoms with Crippen LogP contribution in [0.4, 0.5) is 5.69 Å². The Morgan fingerprint density at radius 3 is 2.27 bits per heavy atom. The first-order valence-electron chi connectivity index (χ1n) is 15.2. The first-order valence-corrected chi connectivity index (χ1v) is 17.6. The molecular formula is C35H41NO6S2. The molecule has 0 bridgehead atoms. The number of nitrogens with one attached hydrogen (secondary N) is 1. The van der Waals surface area contributed by atoms with Crippen molar-refractivity contribution in [3.8, 4) is 5.75 Å². The number of anilines is 1. The van der Waals surface area contributed by atoms with Gasteiger partial charge >= 0.3 is 5.97 Å². The smallest absolute Gasteiger partial charge is 0.327 e. The average Bonchev–Trinajstić information content (AvgIpc) is 3.52. The summed E-state index contributed by atoms with van der Waals surface area (Å²) < 4.78 is 35.3. The summed E-state index contributed by atoms with van der Waals surface area (Å²) >= 11 is 1.20. The second kappa shape index (κ2) is 12.6. The van der Waals surface area contributed by atoms with E-state index in [4.69, 9.17) is 4.74 Å². The van der Waals surface area contributed by atoms with Gasteiger partial charge in [-0.3, -0.25) is 14.3 Å². The predicted molar refractivity (Wildman–Crippen MR) is 174 cm³/mol. The molecular weight excluding hydrogens is 595 g/mol. The molecule has 2 N–H and O–H groups in total. The summed E-state index contributed by atoms with van der Waals surface area (Å²) in [5.41, 5.74) is 1.76. The minimum absolute atomic E-state index is 0.129. The molecule has 5 rings (SSSR count). The lowest BCUT2D eigenvalue weighted by Gasteiger charge is -2.43. The number of aromatic hydroxyl groups is 1. The van der Waals surface area contributed by atoms with Crippen molar-refractivity contribution in [1.82, 2.24) is 0 Å². The number of thioether (sulfide) groups is 1. The largest absolute Gasteiger partial charge is 0.508 e. The fourth-order valence-corrected chi connectivity index (χ4v) is 8.86. The lowest BCUT2D eigenvalue weighted by atomic mass is 9.76. The van der Waals surface area contributed by atoms with E-state index in [0.29, 0.717) is 24.1 Å². The maximum atomic E-state index is 13.8. The first kappa shape index (κ1) is 32.1. The number of hydrogen-bond acceptors (Lipinski definition) is 7. The molecule has 44 heavy (non-hydrogen) atoms. The number of rotatable bonds is 9. The number of carbonyl (C=O) groups excluding carboxylic acids is 2. The van der Waals surface area contributed by atoms with Gasteiger partial charge in [0.15, 0.2) is 11.0 Å². The van der Waals surface area contributed by atoms with E-state index in [2.05, 4.69) is 4.72 Å². The number of sulfonamides is 1. The molecule has 7 nitrogen and oxygen atoms in total. The van der Waals surface area contributed by atoms with E-state index in [-0.39, 0.29) is 28.8 Å². The fourth-order valence-electron chi connectivity index (χ4n) is 6.37. The molecule has 2 fully saturated rings. The van der Waals surface area contributed by atoms with E-state index in [0.717, 1.165) is 41.7 Å². The van der Waals surface area contributed by atoms with Gasteiger partial charge in [-0.15, -0.1) is 11.8 Å². The normalized spacial score (nSPS) is 21.3. The first-order chi connectivity index (χ1) is 20.8. The van der Waals surface area contributed by atoms with Gasteiger partial charge in [-0.2, -0.15) is 0 Å². The number of cyclic esters (lactones) is 1. The number of phenolic OH excluding ortho intramolecular Hbond substituents is 1. The molecule has 0 radical (unpaired) electrons. The highest BCUT2D eigenvalue weighted by atomic mass is 32.2. The molecule has 0 amide bonds. The van der Waals surface area contributed by atoms with Gasteiger partial charge in [-0.05, 0) is 97.0 Å². The van der Waals surface area contributed by atoms with Gasteiger partial charge in [-0.1, -0.05) is 63.9 Å².